The number of carbonyl (C=O) groups excluding carboxylic acids is 1. The van der Waals surface area contributed by atoms with Crippen LogP contribution in [0.1, 0.15) is 35.3 Å². The molecule has 2 unspecified atom stereocenters. The molecule has 2 saturated heterocycles. The van der Waals surface area contributed by atoms with E-state index in [-0.39, 0.29) is 12.0 Å². The second-order valence-corrected chi connectivity index (χ2v) is 9.22. The highest BCUT2D eigenvalue weighted by Crippen LogP contribution is 2.23. The van der Waals surface area contributed by atoms with Crippen LogP contribution in [0, 0.1) is 6.92 Å². The summed E-state index contributed by atoms with van der Waals surface area (Å²) in [6.45, 7) is 4.69. The molecule has 0 radical (unpaired) electrons. The molecular weight excluding hydrogens is 474 g/mol. The summed E-state index contributed by atoms with van der Waals surface area (Å²) >= 11 is 3.44. The third kappa shape index (κ3) is 5.46. The number of hydrogen-bond donors (Lipinski definition) is 2. The van der Waals surface area contributed by atoms with Crippen LogP contribution in [0.5, 0.6) is 0 Å². The maximum absolute atomic E-state index is 13.2. The molecule has 3 heterocycles. The Morgan fingerprint density at radius 3 is 2.66 bits per heavy atom. The first-order chi connectivity index (χ1) is 15.5. The standard InChI is InChI=1S/C23H30BrN5O3/c1-15-21(25-14-26-22(15)28-17-5-3-16(24)4-6-17)23(30)29-10-7-18(8-11-29)27-19-9-12-32-13-20(19)31-2/h3-6,14,18-20,27H,7-13H2,1-2H3,(H,25,26,28). The number of methoxy groups -OCH3 is 1. The molecule has 0 spiro atoms. The molecule has 1 aromatic carbocycles. The van der Waals surface area contributed by atoms with Crippen LogP contribution >= 0.6 is 15.9 Å². The van der Waals surface area contributed by atoms with Gasteiger partial charge in [0.05, 0.1) is 12.7 Å². The average molecular weight is 504 g/mol. The number of aromatic nitrogens is 2. The summed E-state index contributed by atoms with van der Waals surface area (Å²) < 4.78 is 12.1. The Bertz CT molecular complexity index is 918. The monoisotopic (exact) mass is 503 g/mol. The second-order valence-electron chi connectivity index (χ2n) is 8.31. The van der Waals surface area contributed by atoms with Crippen molar-refractivity contribution in [1.29, 1.82) is 0 Å². The van der Waals surface area contributed by atoms with Gasteiger partial charge in [0, 0.05) is 54.6 Å². The number of carbonyl (C=O) groups is 1. The molecule has 2 atom stereocenters. The summed E-state index contributed by atoms with van der Waals surface area (Å²) in [5.74, 6) is 0.607. The van der Waals surface area contributed by atoms with Crippen molar-refractivity contribution in [2.24, 2.45) is 0 Å². The van der Waals surface area contributed by atoms with Gasteiger partial charge in [0.25, 0.3) is 5.91 Å². The van der Waals surface area contributed by atoms with Crippen LogP contribution in [-0.2, 0) is 9.47 Å². The first-order valence-electron chi connectivity index (χ1n) is 11.0. The second kappa shape index (κ2) is 10.7. The lowest BCUT2D eigenvalue weighted by Gasteiger charge is -2.38. The lowest BCUT2D eigenvalue weighted by Crippen LogP contribution is -2.54. The number of halogens is 1. The zero-order valence-electron chi connectivity index (χ0n) is 18.5. The number of nitrogens with one attached hydrogen (secondary N) is 2. The number of benzene rings is 1. The molecule has 172 valence electrons. The van der Waals surface area contributed by atoms with Gasteiger partial charge in [0.2, 0.25) is 0 Å². The molecule has 0 aliphatic carbocycles. The van der Waals surface area contributed by atoms with Crippen molar-refractivity contribution in [2.45, 2.75) is 44.4 Å². The number of hydrogen-bond acceptors (Lipinski definition) is 7. The van der Waals surface area contributed by atoms with Crippen LogP contribution < -0.4 is 10.6 Å². The summed E-state index contributed by atoms with van der Waals surface area (Å²) in [5, 5.41) is 7.01. The summed E-state index contributed by atoms with van der Waals surface area (Å²) in [5.41, 5.74) is 2.11. The van der Waals surface area contributed by atoms with Crippen LogP contribution in [0.15, 0.2) is 35.1 Å². The number of ether oxygens (including phenoxy) is 2. The molecule has 2 N–H and O–H groups in total. The summed E-state index contributed by atoms with van der Waals surface area (Å²) in [6.07, 6.45) is 4.31. The number of amides is 1. The van der Waals surface area contributed by atoms with E-state index in [2.05, 4.69) is 36.5 Å². The van der Waals surface area contributed by atoms with Crippen LogP contribution in [0.3, 0.4) is 0 Å². The summed E-state index contributed by atoms with van der Waals surface area (Å²) in [4.78, 5) is 23.8. The van der Waals surface area contributed by atoms with E-state index in [0.717, 1.165) is 41.6 Å². The van der Waals surface area contributed by atoms with E-state index in [4.69, 9.17) is 9.47 Å². The highest BCUT2D eigenvalue weighted by atomic mass is 79.9. The average Bonchev–Trinajstić information content (AvgIpc) is 2.82. The molecule has 4 rings (SSSR count). The quantitative estimate of drug-likeness (QED) is 0.624. The van der Waals surface area contributed by atoms with Crippen molar-refractivity contribution in [3.05, 3.63) is 46.3 Å². The predicted molar refractivity (Wildman–Crippen MR) is 126 cm³/mol. The zero-order valence-corrected chi connectivity index (χ0v) is 20.1. The van der Waals surface area contributed by atoms with Gasteiger partial charge in [0.15, 0.2) is 0 Å². The van der Waals surface area contributed by atoms with Gasteiger partial charge < -0.3 is 25.0 Å². The molecule has 1 amide bonds. The molecule has 0 saturated carbocycles. The molecule has 9 heteroatoms. The van der Waals surface area contributed by atoms with Gasteiger partial charge in [-0.25, -0.2) is 9.97 Å². The van der Waals surface area contributed by atoms with E-state index in [1.807, 2.05) is 36.1 Å². The fourth-order valence-electron chi connectivity index (χ4n) is 4.30. The number of rotatable bonds is 6. The molecular formula is C23H30BrN5O3. The SMILES string of the molecule is COC1COCCC1NC1CCN(C(=O)c2ncnc(Nc3ccc(Br)cc3)c2C)CC1. The summed E-state index contributed by atoms with van der Waals surface area (Å²) in [6, 6.07) is 8.50. The smallest absolute Gasteiger partial charge is 0.272 e. The first-order valence-corrected chi connectivity index (χ1v) is 11.8. The number of anilines is 2. The van der Waals surface area contributed by atoms with E-state index in [0.29, 0.717) is 43.3 Å². The van der Waals surface area contributed by atoms with Crippen LogP contribution in [0.25, 0.3) is 0 Å². The van der Waals surface area contributed by atoms with Gasteiger partial charge in [-0.15, -0.1) is 0 Å². The van der Waals surface area contributed by atoms with Crippen molar-refractivity contribution in [2.75, 3.05) is 38.7 Å². The molecule has 2 aromatic rings. The van der Waals surface area contributed by atoms with Crippen LogP contribution in [0.4, 0.5) is 11.5 Å². The Hall–Kier alpha value is -2.07. The largest absolute Gasteiger partial charge is 0.379 e. The Labute approximate surface area is 197 Å². The molecule has 2 aliphatic rings. The number of piperidine rings is 1. The highest BCUT2D eigenvalue weighted by molar-refractivity contribution is 9.10. The minimum atomic E-state index is -0.0389. The molecule has 32 heavy (non-hydrogen) atoms. The summed E-state index contributed by atoms with van der Waals surface area (Å²) in [7, 11) is 1.74. The number of likely N-dealkylation sites (tertiary alicyclic amines) is 1. The van der Waals surface area contributed by atoms with E-state index >= 15 is 0 Å². The Kier molecular flexibility index (Phi) is 7.72. The Morgan fingerprint density at radius 2 is 1.94 bits per heavy atom. The maximum atomic E-state index is 13.2. The predicted octanol–water partition coefficient (Wildman–Crippen LogP) is 3.29. The minimum absolute atomic E-state index is 0.0389. The molecule has 0 bridgehead atoms. The maximum Gasteiger partial charge on any atom is 0.272 e. The van der Waals surface area contributed by atoms with E-state index in [1.54, 1.807) is 7.11 Å². The molecule has 1 aromatic heterocycles. The minimum Gasteiger partial charge on any atom is -0.379 e. The third-order valence-corrected chi connectivity index (χ3v) is 6.76. The van der Waals surface area contributed by atoms with Crippen molar-refractivity contribution in [1.82, 2.24) is 20.2 Å². The van der Waals surface area contributed by atoms with Gasteiger partial charge >= 0.3 is 0 Å². The van der Waals surface area contributed by atoms with Gasteiger partial charge in [-0.3, -0.25) is 4.79 Å². The third-order valence-electron chi connectivity index (χ3n) is 6.23. The molecule has 8 nitrogen and oxygen atoms in total. The van der Waals surface area contributed by atoms with Gasteiger partial charge in [-0.1, -0.05) is 15.9 Å². The van der Waals surface area contributed by atoms with Crippen LogP contribution in [0.2, 0.25) is 0 Å². The van der Waals surface area contributed by atoms with Gasteiger partial charge in [0.1, 0.15) is 17.8 Å². The Balaban J connectivity index is 1.36. The van der Waals surface area contributed by atoms with Crippen molar-refractivity contribution in [3.63, 3.8) is 0 Å². The molecule has 2 aliphatic heterocycles. The topological polar surface area (TPSA) is 88.6 Å². The van der Waals surface area contributed by atoms with Crippen LogP contribution in [-0.4, -0.2) is 72.4 Å². The lowest BCUT2D eigenvalue weighted by molar-refractivity contribution is -0.0533. The van der Waals surface area contributed by atoms with Gasteiger partial charge in [-0.05, 0) is 50.5 Å². The van der Waals surface area contributed by atoms with Crippen molar-refractivity contribution in [3.8, 4) is 0 Å². The fraction of sp³-hybridized carbons (Fsp3) is 0.522. The van der Waals surface area contributed by atoms with Crippen molar-refractivity contribution >= 4 is 33.3 Å². The normalized spacial score (nSPS) is 22.0. The lowest BCUT2D eigenvalue weighted by atomic mass is 9.99. The molecule has 2 fully saturated rings. The highest BCUT2D eigenvalue weighted by Gasteiger charge is 2.31. The van der Waals surface area contributed by atoms with Crippen molar-refractivity contribution < 1.29 is 14.3 Å². The Morgan fingerprint density at radius 1 is 1.19 bits per heavy atom. The van der Waals surface area contributed by atoms with E-state index in [1.165, 1.54) is 6.33 Å². The zero-order chi connectivity index (χ0) is 22.5. The fourth-order valence-corrected chi connectivity index (χ4v) is 4.56. The van der Waals surface area contributed by atoms with E-state index in [9.17, 15) is 4.79 Å². The van der Waals surface area contributed by atoms with E-state index < -0.39 is 0 Å². The first kappa shape index (κ1) is 23.1. The van der Waals surface area contributed by atoms with Gasteiger partial charge in [-0.2, -0.15) is 0 Å². The number of nitrogens with zero attached hydrogens (tertiary/aromatic N) is 3.